The summed E-state index contributed by atoms with van der Waals surface area (Å²) >= 11 is 0. The van der Waals surface area contributed by atoms with Crippen molar-refractivity contribution in [3.63, 3.8) is 0 Å². The molecule has 0 radical (unpaired) electrons. The largest absolute Gasteiger partial charge is 0.462 e. The Balaban J connectivity index is 4.44. The van der Waals surface area contributed by atoms with Crippen molar-refractivity contribution in [2.45, 2.75) is 252 Å². The summed E-state index contributed by atoms with van der Waals surface area (Å²) < 4.78 is 16.8. The van der Waals surface area contributed by atoms with Crippen LogP contribution >= 0.6 is 0 Å². The first-order chi connectivity index (χ1) is 31.5. The number of hydrogen-bond acceptors (Lipinski definition) is 6. The Labute approximate surface area is 395 Å². The minimum absolute atomic E-state index is 0.0929. The van der Waals surface area contributed by atoms with Crippen LogP contribution in [0.15, 0.2) is 85.1 Å². The summed E-state index contributed by atoms with van der Waals surface area (Å²) in [7, 11) is 0. The molecule has 0 saturated carbocycles. The predicted octanol–water partition coefficient (Wildman–Crippen LogP) is 17.6. The monoisotopic (exact) mass is 891 g/mol. The number of esters is 3. The Morgan fingerprint density at radius 2 is 0.625 bits per heavy atom. The highest BCUT2D eigenvalue weighted by molar-refractivity contribution is 5.71. The van der Waals surface area contributed by atoms with Gasteiger partial charge in [-0.15, -0.1) is 0 Å². The van der Waals surface area contributed by atoms with Crippen molar-refractivity contribution in [3.05, 3.63) is 85.1 Å². The number of carbonyl (C=O) groups is 3. The standard InChI is InChI=1S/C58H98O6/c1-4-7-10-13-16-19-22-25-28-29-31-33-36-39-42-45-48-51-57(60)63-54-55(53-62-56(59)50-47-44-41-38-35-32-27-24-21-18-15-12-9-6-3)64-58(61)52-49-46-43-40-37-34-30-26-23-20-17-14-11-8-5-2/h8,11,15-20,24-28,30,55H,4-7,9-10,12-14,21-23,29,31-54H2,1-3H3/b11-8+,18-15+,19-16+,20-17+,27-24+,28-25+,30-26+/t55-/m1/s1. The van der Waals surface area contributed by atoms with Gasteiger partial charge < -0.3 is 14.2 Å². The fourth-order valence-corrected chi connectivity index (χ4v) is 7.09. The summed E-state index contributed by atoms with van der Waals surface area (Å²) in [5, 5.41) is 0. The van der Waals surface area contributed by atoms with Crippen LogP contribution in [0.1, 0.15) is 245 Å². The van der Waals surface area contributed by atoms with Crippen LogP contribution in [0.2, 0.25) is 0 Å². The maximum absolute atomic E-state index is 12.8. The molecule has 0 unspecified atom stereocenters. The van der Waals surface area contributed by atoms with Gasteiger partial charge in [0.2, 0.25) is 0 Å². The van der Waals surface area contributed by atoms with Crippen LogP contribution in [-0.4, -0.2) is 37.2 Å². The highest BCUT2D eigenvalue weighted by Gasteiger charge is 2.19. The maximum atomic E-state index is 12.8. The van der Waals surface area contributed by atoms with E-state index in [0.717, 1.165) is 135 Å². The number of allylic oxidation sites excluding steroid dienone is 14. The molecule has 0 saturated heterocycles. The smallest absolute Gasteiger partial charge is 0.306 e. The third kappa shape index (κ3) is 49.6. The van der Waals surface area contributed by atoms with Gasteiger partial charge in [0.1, 0.15) is 13.2 Å². The lowest BCUT2D eigenvalue weighted by atomic mass is 10.1. The van der Waals surface area contributed by atoms with Crippen molar-refractivity contribution in [1.29, 1.82) is 0 Å². The Morgan fingerprint density at radius 3 is 1.00 bits per heavy atom. The van der Waals surface area contributed by atoms with Gasteiger partial charge in [0.25, 0.3) is 0 Å². The topological polar surface area (TPSA) is 78.9 Å². The summed E-state index contributed by atoms with van der Waals surface area (Å²) in [5.74, 6) is -0.931. The molecule has 6 nitrogen and oxygen atoms in total. The Hall–Kier alpha value is -3.41. The first-order valence-corrected chi connectivity index (χ1v) is 26.6. The molecule has 1 atom stereocenters. The molecule has 0 rings (SSSR count). The van der Waals surface area contributed by atoms with Crippen molar-refractivity contribution in [2.75, 3.05) is 13.2 Å². The lowest BCUT2D eigenvalue weighted by Gasteiger charge is -2.18. The highest BCUT2D eigenvalue weighted by Crippen LogP contribution is 2.14. The van der Waals surface area contributed by atoms with Crippen LogP contribution in [0.5, 0.6) is 0 Å². The van der Waals surface area contributed by atoms with Crippen molar-refractivity contribution in [3.8, 4) is 0 Å². The second-order valence-corrected chi connectivity index (χ2v) is 17.4. The number of unbranched alkanes of at least 4 members (excludes halogenated alkanes) is 22. The molecular weight excluding hydrogens is 793 g/mol. The van der Waals surface area contributed by atoms with Gasteiger partial charge in [0, 0.05) is 19.3 Å². The average molecular weight is 891 g/mol. The zero-order valence-electron chi connectivity index (χ0n) is 41.8. The molecule has 0 aromatic heterocycles. The van der Waals surface area contributed by atoms with E-state index < -0.39 is 6.10 Å². The van der Waals surface area contributed by atoms with Crippen LogP contribution in [0, 0.1) is 0 Å². The molecule has 0 aromatic rings. The summed E-state index contributed by atoms with van der Waals surface area (Å²) in [6.45, 7) is 6.43. The molecule has 0 aliphatic rings. The molecule has 0 aliphatic heterocycles. The summed E-state index contributed by atoms with van der Waals surface area (Å²) in [6, 6.07) is 0. The van der Waals surface area contributed by atoms with Gasteiger partial charge in [0.15, 0.2) is 6.10 Å². The zero-order valence-corrected chi connectivity index (χ0v) is 41.8. The van der Waals surface area contributed by atoms with Crippen LogP contribution in [0.4, 0.5) is 0 Å². The van der Waals surface area contributed by atoms with Crippen LogP contribution in [0.3, 0.4) is 0 Å². The van der Waals surface area contributed by atoms with Gasteiger partial charge in [0.05, 0.1) is 0 Å². The van der Waals surface area contributed by atoms with E-state index in [2.05, 4.69) is 106 Å². The normalized spacial score (nSPS) is 12.7. The Morgan fingerprint density at radius 1 is 0.328 bits per heavy atom. The molecule has 0 N–H and O–H groups in total. The molecule has 0 aromatic carbocycles. The van der Waals surface area contributed by atoms with Crippen molar-refractivity contribution in [1.82, 2.24) is 0 Å². The lowest BCUT2D eigenvalue weighted by molar-refractivity contribution is -0.167. The third-order valence-electron chi connectivity index (χ3n) is 11.1. The van der Waals surface area contributed by atoms with Crippen molar-refractivity contribution < 1.29 is 28.6 Å². The van der Waals surface area contributed by atoms with Gasteiger partial charge in [-0.2, -0.15) is 0 Å². The number of carbonyl (C=O) groups excluding carboxylic acids is 3. The second kappa shape index (κ2) is 52.2. The minimum Gasteiger partial charge on any atom is -0.462 e. The number of hydrogen-bond donors (Lipinski definition) is 0. The predicted molar refractivity (Wildman–Crippen MR) is 274 cm³/mol. The molecule has 0 fully saturated rings. The SMILES string of the molecule is CC/C=C/C/C=C/C/C=C/CCCCCCCC(=O)O[C@H](COC(=O)CCCCCCC/C=C/C/C=C/CCCC)COC(=O)CCCCCCCCC/C=C/C/C=C/CCCCC. The van der Waals surface area contributed by atoms with Gasteiger partial charge in [-0.3, -0.25) is 14.4 Å². The molecule has 64 heavy (non-hydrogen) atoms. The van der Waals surface area contributed by atoms with E-state index in [9.17, 15) is 14.4 Å². The zero-order chi connectivity index (χ0) is 46.5. The van der Waals surface area contributed by atoms with E-state index in [1.54, 1.807) is 0 Å². The Bertz CT molecular complexity index is 1250. The molecule has 366 valence electrons. The van der Waals surface area contributed by atoms with Crippen molar-refractivity contribution >= 4 is 17.9 Å². The van der Waals surface area contributed by atoms with Crippen LogP contribution in [0.25, 0.3) is 0 Å². The van der Waals surface area contributed by atoms with E-state index in [4.69, 9.17) is 14.2 Å². The quantitative estimate of drug-likeness (QED) is 0.0262. The van der Waals surface area contributed by atoms with Gasteiger partial charge in [-0.1, -0.05) is 202 Å². The Kier molecular flexibility index (Phi) is 49.4. The first-order valence-electron chi connectivity index (χ1n) is 26.6. The minimum atomic E-state index is -0.795. The molecule has 0 bridgehead atoms. The van der Waals surface area contributed by atoms with Gasteiger partial charge in [-0.05, 0) is 109 Å². The summed E-state index contributed by atoms with van der Waals surface area (Å²) in [4.78, 5) is 38.0. The first kappa shape index (κ1) is 60.6. The number of rotatable bonds is 47. The second-order valence-electron chi connectivity index (χ2n) is 17.4. The van der Waals surface area contributed by atoms with E-state index in [1.807, 2.05) is 0 Å². The fourth-order valence-electron chi connectivity index (χ4n) is 7.09. The molecule has 0 heterocycles. The van der Waals surface area contributed by atoms with Crippen LogP contribution in [-0.2, 0) is 28.6 Å². The fraction of sp³-hybridized carbons (Fsp3) is 0.707. The lowest BCUT2D eigenvalue weighted by Crippen LogP contribution is -2.30. The van der Waals surface area contributed by atoms with Gasteiger partial charge in [-0.25, -0.2) is 0 Å². The summed E-state index contributed by atoms with van der Waals surface area (Å²) in [6.07, 6.45) is 67.0. The highest BCUT2D eigenvalue weighted by atomic mass is 16.6. The molecule has 0 aliphatic carbocycles. The number of ether oxygens (including phenoxy) is 3. The third-order valence-corrected chi connectivity index (χ3v) is 11.1. The molecule has 6 heteroatoms. The van der Waals surface area contributed by atoms with Gasteiger partial charge >= 0.3 is 17.9 Å². The average Bonchev–Trinajstić information content (AvgIpc) is 3.29. The van der Waals surface area contributed by atoms with Crippen molar-refractivity contribution in [2.24, 2.45) is 0 Å². The summed E-state index contributed by atoms with van der Waals surface area (Å²) in [5.41, 5.74) is 0. The molecular formula is C58H98O6. The van der Waals surface area contributed by atoms with E-state index in [-0.39, 0.29) is 31.1 Å². The molecule has 0 amide bonds. The van der Waals surface area contributed by atoms with E-state index in [1.165, 1.54) is 70.6 Å². The van der Waals surface area contributed by atoms with E-state index in [0.29, 0.717) is 19.3 Å². The van der Waals surface area contributed by atoms with E-state index >= 15 is 0 Å². The maximum Gasteiger partial charge on any atom is 0.306 e. The molecule has 0 spiro atoms. The van der Waals surface area contributed by atoms with Crippen LogP contribution < -0.4 is 0 Å².